The Kier molecular flexibility index (Phi) is 5.78. The average Bonchev–Trinajstić information content (AvgIpc) is 2.87. The molecule has 0 radical (unpaired) electrons. The summed E-state index contributed by atoms with van der Waals surface area (Å²) in [6, 6.07) is 21.6. The van der Waals surface area contributed by atoms with Crippen LogP contribution in [0.25, 0.3) is 33.5 Å². The predicted octanol–water partition coefficient (Wildman–Crippen LogP) is 5.89. The van der Waals surface area contributed by atoms with E-state index in [2.05, 4.69) is 25.3 Å². The lowest BCUT2D eigenvalue weighted by atomic mass is 10.1. The Labute approximate surface area is 194 Å². The first-order chi connectivity index (χ1) is 16.6. The van der Waals surface area contributed by atoms with Gasteiger partial charge in [-0.05, 0) is 17.7 Å². The molecule has 0 saturated carbocycles. The number of fused-ring (bicyclic) bond motifs is 1. The van der Waals surface area contributed by atoms with Gasteiger partial charge < -0.3 is 11.1 Å². The van der Waals surface area contributed by atoms with Crippen LogP contribution in [-0.2, 0) is 6.54 Å². The van der Waals surface area contributed by atoms with Crippen molar-refractivity contribution in [2.45, 2.75) is 13.0 Å². The monoisotopic (exact) mass is 454 g/mol. The molecule has 168 valence electrons. The number of nitrogens with two attached hydrogens (primary N) is 1. The standard InChI is InChI=1S/C26H20F2N6/c27-24(28)18-5-1-2-6-19(18)26-33-22-13-23(29)31-15-20(22)25(34-26)32-14-16-8-10-17(11-9-16)21-7-3-4-12-30-21/h1-13,15,24H,14H2,(H2,29,31)(H,32,33,34). The Bertz CT molecular complexity index is 1440. The van der Waals surface area contributed by atoms with Crippen LogP contribution >= 0.6 is 0 Å². The lowest BCUT2D eigenvalue weighted by Gasteiger charge is -2.13. The molecule has 0 aliphatic rings. The highest BCUT2D eigenvalue weighted by molar-refractivity contribution is 5.91. The molecule has 0 atom stereocenters. The van der Waals surface area contributed by atoms with Crippen LogP contribution in [-0.4, -0.2) is 19.9 Å². The lowest BCUT2D eigenvalue weighted by Crippen LogP contribution is -2.06. The van der Waals surface area contributed by atoms with E-state index < -0.39 is 6.43 Å². The molecule has 0 spiro atoms. The third-order valence-corrected chi connectivity index (χ3v) is 5.41. The van der Waals surface area contributed by atoms with Gasteiger partial charge in [-0.1, -0.05) is 54.6 Å². The van der Waals surface area contributed by atoms with Gasteiger partial charge in [0, 0.05) is 41.7 Å². The molecule has 3 aromatic heterocycles. The number of alkyl halides is 2. The molecule has 0 aliphatic heterocycles. The second-order valence-corrected chi connectivity index (χ2v) is 7.68. The van der Waals surface area contributed by atoms with Gasteiger partial charge in [0.15, 0.2) is 5.82 Å². The smallest absolute Gasteiger partial charge is 0.264 e. The van der Waals surface area contributed by atoms with E-state index in [1.54, 1.807) is 36.7 Å². The van der Waals surface area contributed by atoms with Crippen LogP contribution in [0.2, 0.25) is 0 Å². The fourth-order valence-electron chi connectivity index (χ4n) is 3.70. The molecule has 2 aromatic carbocycles. The van der Waals surface area contributed by atoms with Crippen LogP contribution in [0, 0.1) is 0 Å². The van der Waals surface area contributed by atoms with Crippen LogP contribution in [0.3, 0.4) is 0 Å². The fraction of sp³-hybridized carbons (Fsp3) is 0.0769. The minimum atomic E-state index is -2.65. The van der Waals surface area contributed by atoms with E-state index in [1.807, 2.05) is 42.5 Å². The zero-order valence-electron chi connectivity index (χ0n) is 18.0. The van der Waals surface area contributed by atoms with Crippen molar-refractivity contribution in [2.75, 3.05) is 11.1 Å². The van der Waals surface area contributed by atoms with Gasteiger partial charge in [-0.3, -0.25) is 4.98 Å². The number of nitrogens with zero attached hydrogens (tertiary/aromatic N) is 4. The number of pyridine rings is 2. The van der Waals surface area contributed by atoms with E-state index in [1.165, 1.54) is 6.07 Å². The van der Waals surface area contributed by atoms with Crippen LogP contribution in [0.5, 0.6) is 0 Å². The number of hydrogen-bond acceptors (Lipinski definition) is 6. The molecule has 0 amide bonds. The maximum absolute atomic E-state index is 13.6. The highest BCUT2D eigenvalue weighted by atomic mass is 19.3. The summed E-state index contributed by atoms with van der Waals surface area (Å²) in [5.74, 6) is 0.975. The molecule has 5 rings (SSSR count). The van der Waals surface area contributed by atoms with Gasteiger partial charge in [0.2, 0.25) is 0 Å². The maximum Gasteiger partial charge on any atom is 0.264 e. The molecule has 6 nitrogen and oxygen atoms in total. The van der Waals surface area contributed by atoms with Crippen LogP contribution < -0.4 is 11.1 Å². The molecule has 34 heavy (non-hydrogen) atoms. The van der Waals surface area contributed by atoms with Gasteiger partial charge in [-0.25, -0.2) is 23.7 Å². The second-order valence-electron chi connectivity index (χ2n) is 7.68. The molecular weight excluding hydrogens is 434 g/mol. The lowest BCUT2D eigenvalue weighted by molar-refractivity contribution is 0.152. The third-order valence-electron chi connectivity index (χ3n) is 5.41. The number of anilines is 2. The molecule has 0 bridgehead atoms. The average molecular weight is 454 g/mol. The van der Waals surface area contributed by atoms with Crippen molar-refractivity contribution in [3.63, 3.8) is 0 Å². The number of nitrogens with one attached hydrogen (secondary N) is 1. The number of hydrogen-bond donors (Lipinski definition) is 2. The summed E-state index contributed by atoms with van der Waals surface area (Å²) in [6.45, 7) is 0.467. The Hall–Kier alpha value is -4.46. The second kappa shape index (κ2) is 9.19. The van der Waals surface area contributed by atoms with Crippen molar-refractivity contribution >= 4 is 22.5 Å². The highest BCUT2D eigenvalue weighted by Crippen LogP contribution is 2.32. The summed E-state index contributed by atoms with van der Waals surface area (Å²) < 4.78 is 27.2. The summed E-state index contributed by atoms with van der Waals surface area (Å²) in [4.78, 5) is 17.6. The molecule has 5 aromatic rings. The van der Waals surface area contributed by atoms with Crippen LogP contribution in [0.4, 0.5) is 20.4 Å². The predicted molar refractivity (Wildman–Crippen MR) is 129 cm³/mol. The molecule has 0 saturated heterocycles. The molecule has 8 heteroatoms. The van der Waals surface area contributed by atoms with Gasteiger partial charge in [0.1, 0.15) is 11.6 Å². The highest BCUT2D eigenvalue weighted by Gasteiger charge is 2.18. The summed E-state index contributed by atoms with van der Waals surface area (Å²) in [5, 5.41) is 3.96. The van der Waals surface area contributed by atoms with Crippen molar-refractivity contribution in [3.05, 3.63) is 96.3 Å². The van der Waals surface area contributed by atoms with Crippen LogP contribution in [0.15, 0.2) is 85.2 Å². The molecule has 0 fully saturated rings. The zero-order valence-corrected chi connectivity index (χ0v) is 18.0. The Morgan fingerprint density at radius 3 is 2.44 bits per heavy atom. The van der Waals surface area contributed by atoms with Crippen LogP contribution in [0.1, 0.15) is 17.6 Å². The Morgan fingerprint density at radius 2 is 1.68 bits per heavy atom. The van der Waals surface area contributed by atoms with Crippen molar-refractivity contribution < 1.29 is 8.78 Å². The topological polar surface area (TPSA) is 89.6 Å². The Morgan fingerprint density at radius 1 is 0.882 bits per heavy atom. The third kappa shape index (κ3) is 4.38. The summed E-state index contributed by atoms with van der Waals surface area (Å²) in [5.41, 5.74) is 9.46. The summed E-state index contributed by atoms with van der Waals surface area (Å²) in [6.07, 6.45) is 0.697. The van der Waals surface area contributed by atoms with E-state index >= 15 is 0 Å². The summed E-state index contributed by atoms with van der Waals surface area (Å²) in [7, 11) is 0. The number of nitrogen functional groups attached to an aromatic ring is 1. The van der Waals surface area contributed by atoms with Gasteiger partial charge in [0.05, 0.1) is 16.6 Å². The first-order valence-electron chi connectivity index (χ1n) is 10.6. The van der Waals surface area contributed by atoms with Gasteiger partial charge >= 0.3 is 0 Å². The molecule has 3 N–H and O–H groups in total. The van der Waals surface area contributed by atoms with Crippen molar-refractivity contribution in [2.24, 2.45) is 0 Å². The molecule has 3 heterocycles. The normalized spacial score (nSPS) is 11.1. The van der Waals surface area contributed by atoms with Gasteiger partial charge in [0.25, 0.3) is 6.43 Å². The van der Waals surface area contributed by atoms with E-state index in [0.29, 0.717) is 23.3 Å². The summed E-state index contributed by atoms with van der Waals surface area (Å²) >= 11 is 0. The van der Waals surface area contributed by atoms with Gasteiger partial charge in [-0.2, -0.15) is 0 Å². The van der Waals surface area contributed by atoms with Crippen molar-refractivity contribution in [1.29, 1.82) is 0 Å². The number of rotatable bonds is 6. The fourth-order valence-corrected chi connectivity index (χ4v) is 3.70. The maximum atomic E-state index is 13.6. The van der Waals surface area contributed by atoms with E-state index in [9.17, 15) is 8.78 Å². The van der Waals surface area contributed by atoms with E-state index in [4.69, 9.17) is 5.73 Å². The van der Waals surface area contributed by atoms with E-state index in [-0.39, 0.29) is 22.8 Å². The number of aromatic nitrogens is 4. The number of benzene rings is 2. The minimum absolute atomic E-state index is 0.125. The molecule has 0 unspecified atom stereocenters. The molecule has 0 aliphatic carbocycles. The Balaban J connectivity index is 1.48. The zero-order chi connectivity index (χ0) is 23.5. The number of halogens is 2. The first-order valence-corrected chi connectivity index (χ1v) is 10.6. The minimum Gasteiger partial charge on any atom is -0.384 e. The largest absolute Gasteiger partial charge is 0.384 e. The van der Waals surface area contributed by atoms with Crippen molar-refractivity contribution in [1.82, 2.24) is 19.9 Å². The molecular formula is C26H20F2N6. The first kappa shape index (κ1) is 21.4. The quantitative estimate of drug-likeness (QED) is 0.333. The SMILES string of the molecule is Nc1cc2nc(-c3ccccc3C(F)F)nc(NCc3ccc(-c4ccccn4)cc3)c2cn1. The van der Waals surface area contributed by atoms with Gasteiger partial charge in [-0.15, -0.1) is 0 Å². The van der Waals surface area contributed by atoms with E-state index in [0.717, 1.165) is 16.8 Å². The van der Waals surface area contributed by atoms with Crippen molar-refractivity contribution in [3.8, 4) is 22.6 Å².